The number of nitrogens with zero attached hydrogens (tertiary/aromatic N) is 3. The molecule has 0 saturated heterocycles. The van der Waals surface area contributed by atoms with Gasteiger partial charge in [0, 0.05) is 22.9 Å². The molecule has 0 spiro atoms. The van der Waals surface area contributed by atoms with E-state index in [0.29, 0.717) is 34.5 Å². The normalized spacial score (nSPS) is 19.0. The molecule has 0 saturated carbocycles. The van der Waals surface area contributed by atoms with Crippen LogP contribution in [-0.2, 0) is 4.57 Å². The largest absolute Gasteiger partial charge is 0.319 e. The standard InChI is InChI=1S/C26H22F2N5OP/c1-35(2,34)23-9-7-14(10-18(23)28)15-6-8-19-20(11-15)33-21-12-22(26(33)31-19)32(13-29)25(30)16-4-3-5-17(27)24(16)21/h3-11,13,21-22,29-30H,12H2,1-2H3. The predicted octanol–water partition coefficient (Wildman–Crippen LogP) is 5.51. The Balaban J connectivity index is 1.56. The third kappa shape index (κ3) is 3.13. The van der Waals surface area contributed by atoms with Gasteiger partial charge in [-0.05, 0) is 54.8 Å². The van der Waals surface area contributed by atoms with Gasteiger partial charge in [0.2, 0.25) is 0 Å². The molecular weight excluding hydrogens is 467 g/mol. The lowest BCUT2D eigenvalue weighted by atomic mass is 9.98. The van der Waals surface area contributed by atoms with Crippen molar-refractivity contribution in [2.24, 2.45) is 0 Å². The molecule has 0 amide bonds. The van der Waals surface area contributed by atoms with Crippen molar-refractivity contribution in [3.63, 3.8) is 0 Å². The average Bonchev–Trinajstić information content (AvgIpc) is 3.32. The van der Waals surface area contributed by atoms with E-state index in [0.717, 1.165) is 17.4 Å². The van der Waals surface area contributed by atoms with Crippen LogP contribution in [-0.4, -0.2) is 40.0 Å². The lowest BCUT2D eigenvalue weighted by Gasteiger charge is -2.26. The Morgan fingerprint density at radius 1 is 1.03 bits per heavy atom. The van der Waals surface area contributed by atoms with Crippen molar-refractivity contribution in [2.45, 2.75) is 18.5 Å². The molecule has 176 valence electrons. The maximum absolute atomic E-state index is 15.2. The number of imidazole rings is 1. The van der Waals surface area contributed by atoms with Gasteiger partial charge in [-0.1, -0.05) is 24.3 Å². The highest BCUT2D eigenvalue weighted by Crippen LogP contribution is 2.48. The molecule has 2 aliphatic heterocycles. The summed E-state index contributed by atoms with van der Waals surface area (Å²) in [6.07, 6.45) is 1.59. The summed E-state index contributed by atoms with van der Waals surface area (Å²) in [7, 11) is -2.74. The highest BCUT2D eigenvalue weighted by molar-refractivity contribution is 7.70. The van der Waals surface area contributed by atoms with E-state index in [1.807, 2.05) is 22.8 Å². The van der Waals surface area contributed by atoms with Gasteiger partial charge in [-0.3, -0.25) is 10.8 Å². The molecule has 0 aliphatic carbocycles. The number of rotatable bonds is 3. The van der Waals surface area contributed by atoms with E-state index in [1.165, 1.54) is 17.0 Å². The molecule has 4 aromatic rings. The summed E-state index contributed by atoms with van der Waals surface area (Å²) in [5.74, 6) is -0.141. The maximum atomic E-state index is 15.2. The zero-order valence-electron chi connectivity index (χ0n) is 19.1. The van der Waals surface area contributed by atoms with Crippen molar-refractivity contribution >= 4 is 35.7 Å². The summed E-state index contributed by atoms with van der Waals surface area (Å²) < 4.78 is 44.3. The minimum atomic E-state index is -2.74. The van der Waals surface area contributed by atoms with E-state index in [2.05, 4.69) is 0 Å². The summed E-state index contributed by atoms with van der Waals surface area (Å²) in [6.45, 7) is 3.09. The van der Waals surface area contributed by atoms with Gasteiger partial charge in [-0.15, -0.1) is 0 Å². The quantitative estimate of drug-likeness (QED) is 0.226. The number of fused-ring (bicyclic) bond motifs is 9. The van der Waals surface area contributed by atoms with Crippen molar-refractivity contribution < 1.29 is 13.3 Å². The third-order valence-electron chi connectivity index (χ3n) is 7.01. The first-order valence-electron chi connectivity index (χ1n) is 11.2. The molecule has 3 aromatic carbocycles. The first kappa shape index (κ1) is 21.9. The molecule has 2 atom stereocenters. The van der Waals surface area contributed by atoms with Crippen molar-refractivity contribution in [2.75, 3.05) is 13.3 Å². The fourth-order valence-corrected chi connectivity index (χ4v) is 6.43. The molecule has 2 bridgehead atoms. The Bertz CT molecular complexity index is 1620. The van der Waals surface area contributed by atoms with E-state index >= 15 is 4.39 Å². The average molecular weight is 489 g/mol. The van der Waals surface area contributed by atoms with Gasteiger partial charge in [0.05, 0.1) is 29.5 Å². The molecule has 3 heterocycles. The molecular formula is C26H22F2N5OP. The van der Waals surface area contributed by atoms with Crippen molar-refractivity contribution in [1.82, 2.24) is 14.5 Å². The van der Waals surface area contributed by atoms with Crippen LogP contribution in [0, 0.1) is 22.5 Å². The van der Waals surface area contributed by atoms with E-state index in [1.54, 1.807) is 37.6 Å². The van der Waals surface area contributed by atoms with Gasteiger partial charge in [-0.25, -0.2) is 13.8 Å². The van der Waals surface area contributed by atoms with Crippen LogP contribution >= 0.6 is 7.14 Å². The number of benzene rings is 3. The number of nitrogens with one attached hydrogen (secondary N) is 2. The Labute approximate surface area is 200 Å². The van der Waals surface area contributed by atoms with Crippen LogP contribution in [0.25, 0.3) is 22.2 Å². The van der Waals surface area contributed by atoms with Gasteiger partial charge in [0.15, 0.2) is 0 Å². The first-order chi connectivity index (χ1) is 16.7. The first-order valence-corrected chi connectivity index (χ1v) is 13.8. The number of hydrogen-bond acceptors (Lipinski definition) is 4. The molecule has 2 N–H and O–H groups in total. The molecule has 2 unspecified atom stereocenters. The van der Waals surface area contributed by atoms with E-state index in [-0.39, 0.29) is 23.2 Å². The number of halogens is 2. The van der Waals surface area contributed by atoms with Crippen LogP contribution in [0.1, 0.15) is 35.5 Å². The summed E-state index contributed by atoms with van der Waals surface area (Å²) in [5.41, 5.74) is 3.78. The van der Waals surface area contributed by atoms with Crippen molar-refractivity contribution in [1.29, 1.82) is 10.8 Å². The van der Waals surface area contributed by atoms with Gasteiger partial charge >= 0.3 is 0 Å². The van der Waals surface area contributed by atoms with Crippen molar-refractivity contribution in [3.8, 4) is 11.1 Å². The number of amidine groups is 1. The lowest BCUT2D eigenvalue weighted by Crippen LogP contribution is -2.33. The molecule has 35 heavy (non-hydrogen) atoms. The van der Waals surface area contributed by atoms with E-state index in [4.69, 9.17) is 15.8 Å². The van der Waals surface area contributed by atoms with Gasteiger partial charge in [-0.2, -0.15) is 0 Å². The second-order valence-electron chi connectivity index (χ2n) is 9.41. The fraction of sp³-hybridized carbons (Fsp3) is 0.192. The maximum Gasteiger partial charge on any atom is 0.134 e. The van der Waals surface area contributed by atoms with Crippen molar-refractivity contribution in [3.05, 3.63) is 83.2 Å². The minimum Gasteiger partial charge on any atom is -0.319 e. The van der Waals surface area contributed by atoms with E-state index < -0.39 is 18.8 Å². The third-order valence-corrected chi connectivity index (χ3v) is 8.53. The fourth-order valence-electron chi connectivity index (χ4n) is 5.42. The van der Waals surface area contributed by atoms with E-state index in [9.17, 15) is 8.96 Å². The summed E-state index contributed by atoms with van der Waals surface area (Å²) in [4.78, 5) is 6.33. The van der Waals surface area contributed by atoms with Crippen LogP contribution in [0.5, 0.6) is 0 Å². The highest BCUT2D eigenvalue weighted by atomic mass is 31.2. The zero-order chi connectivity index (χ0) is 24.6. The summed E-state index contributed by atoms with van der Waals surface area (Å²) in [6, 6.07) is 14.3. The SMILES string of the molecule is CP(C)(=O)c1ccc(-c2ccc3nc4n(c3c2)C2CC4N(C=N)C(=N)c3cccc(F)c32)cc1F. The Kier molecular flexibility index (Phi) is 4.64. The smallest absolute Gasteiger partial charge is 0.134 e. The molecule has 1 aromatic heterocycles. The second-order valence-corrected chi connectivity index (χ2v) is 12.6. The van der Waals surface area contributed by atoms with Crippen LogP contribution in [0.3, 0.4) is 0 Å². The molecule has 2 aliphatic rings. The highest BCUT2D eigenvalue weighted by Gasteiger charge is 2.44. The molecule has 9 heteroatoms. The Hall–Kier alpha value is -3.64. The molecule has 0 fully saturated rings. The summed E-state index contributed by atoms with van der Waals surface area (Å²) >= 11 is 0. The molecule has 6 nitrogen and oxygen atoms in total. The van der Waals surface area contributed by atoms with Crippen LogP contribution in [0.15, 0.2) is 54.6 Å². The number of aromatic nitrogens is 2. The second kappa shape index (κ2) is 7.43. The molecule has 0 radical (unpaired) electrons. The van der Waals surface area contributed by atoms with Gasteiger partial charge in [0.25, 0.3) is 0 Å². The number of hydrogen-bond donors (Lipinski definition) is 2. The predicted molar refractivity (Wildman–Crippen MR) is 134 cm³/mol. The molecule has 6 rings (SSSR count). The van der Waals surface area contributed by atoms with Crippen LogP contribution < -0.4 is 5.30 Å². The van der Waals surface area contributed by atoms with Crippen LogP contribution in [0.2, 0.25) is 0 Å². The Morgan fingerprint density at radius 3 is 2.49 bits per heavy atom. The zero-order valence-corrected chi connectivity index (χ0v) is 20.0. The summed E-state index contributed by atoms with van der Waals surface area (Å²) in [5, 5.41) is 16.8. The topological polar surface area (TPSA) is 85.8 Å². The lowest BCUT2D eigenvalue weighted by molar-refractivity contribution is 0.438. The van der Waals surface area contributed by atoms with Gasteiger partial charge in [0.1, 0.15) is 30.4 Å². The van der Waals surface area contributed by atoms with Crippen LogP contribution in [0.4, 0.5) is 8.78 Å². The monoisotopic (exact) mass is 489 g/mol. The Morgan fingerprint density at radius 2 is 1.77 bits per heavy atom. The van der Waals surface area contributed by atoms with Gasteiger partial charge < -0.3 is 14.0 Å². The minimum absolute atomic E-state index is 0.0840.